The quantitative estimate of drug-likeness (QED) is 0.117. The standard InChI is InChI=1S/C54H36N2SSi/c1-4-18-38(19-5-1)58(39-20-6-2-7-21-39,40-22-8-3-9-23-40)41-34-32-37(33-35-41)55-47-28-14-12-26-44(47)46-36-50(54-52(53(46)55)45-27-13-17-31-51(45)57-54)56-48-29-15-10-24-42(48)43-25-11-16-30-49(43)56/h1-36H/i1D,4D,5D,10D,11D,15D,16D,18D,19D,24D,25D,29D,30D,32D,33D,34D,35D. The summed E-state index contributed by atoms with van der Waals surface area (Å²) in [6, 6.07) is 24.8. The highest BCUT2D eigenvalue weighted by Crippen LogP contribution is 2.47. The van der Waals surface area contributed by atoms with Gasteiger partial charge >= 0.3 is 0 Å². The van der Waals surface area contributed by atoms with Crippen molar-refractivity contribution < 1.29 is 23.3 Å². The number of benzene rings is 9. The molecule has 3 aromatic heterocycles. The predicted octanol–water partition coefficient (Wildman–Crippen LogP) is 11.6. The third-order valence-electron chi connectivity index (χ3n) is 11.0. The van der Waals surface area contributed by atoms with E-state index in [1.54, 1.807) is 89.5 Å². The molecule has 0 atom stereocenters. The molecule has 0 unspecified atom stereocenters. The topological polar surface area (TPSA) is 9.86 Å². The van der Waals surface area contributed by atoms with Crippen LogP contribution in [-0.2, 0) is 0 Å². The molecule has 12 aromatic rings. The van der Waals surface area contributed by atoms with Crippen molar-refractivity contribution >= 4 is 104 Å². The summed E-state index contributed by atoms with van der Waals surface area (Å²) in [5, 5.41) is 2.83. The third-order valence-corrected chi connectivity index (χ3v) is 16.6. The first kappa shape index (κ1) is 20.4. The van der Waals surface area contributed by atoms with E-state index in [-0.39, 0.29) is 37.9 Å². The summed E-state index contributed by atoms with van der Waals surface area (Å²) in [4.78, 5) is 0. The maximum Gasteiger partial charge on any atom is 0.179 e. The number of rotatable bonds is 6. The molecule has 0 aliphatic carbocycles. The van der Waals surface area contributed by atoms with Crippen LogP contribution in [0.5, 0.6) is 0 Å². The molecule has 0 aliphatic heterocycles. The Balaban J connectivity index is 1.27. The highest BCUT2D eigenvalue weighted by Gasteiger charge is 2.41. The average molecular weight is 790 g/mol. The van der Waals surface area contributed by atoms with Gasteiger partial charge in [0.1, 0.15) is 0 Å². The molecular formula is C54H36N2SSi. The van der Waals surface area contributed by atoms with Gasteiger partial charge in [0.25, 0.3) is 0 Å². The maximum absolute atomic E-state index is 10.2. The van der Waals surface area contributed by atoms with Crippen LogP contribution in [0.4, 0.5) is 0 Å². The Morgan fingerprint density at radius 2 is 0.966 bits per heavy atom. The molecule has 12 rings (SSSR count). The van der Waals surface area contributed by atoms with Crippen molar-refractivity contribution in [3.05, 3.63) is 218 Å². The summed E-state index contributed by atoms with van der Waals surface area (Å²) in [5.41, 5.74) is 0.959. The fourth-order valence-electron chi connectivity index (χ4n) is 8.67. The van der Waals surface area contributed by atoms with Crippen LogP contribution in [0.25, 0.3) is 75.2 Å². The Morgan fingerprint density at radius 3 is 1.64 bits per heavy atom. The number of hydrogen-bond acceptors (Lipinski definition) is 1. The Kier molecular flexibility index (Phi) is 4.59. The lowest BCUT2D eigenvalue weighted by Crippen LogP contribution is -2.74. The van der Waals surface area contributed by atoms with Crippen LogP contribution < -0.4 is 20.7 Å². The van der Waals surface area contributed by atoms with Gasteiger partial charge in [0.05, 0.1) is 55.8 Å². The van der Waals surface area contributed by atoms with E-state index in [2.05, 4.69) is 0 Å². The zero-order chi connectivity index (χ0) is 53.0. The second-order valence-electron chi connectivity index (χ2n) is 13.9. The largest absolute Gasteiger partial charge is 0.309 e. The van der Waals surface area contributed by atoms with Gasteiger partial charge in [-0.3, -0.25) is 0 Å². The van der Waals surface area contributed by atoms with Gasteiger partial charge in [-0.2, -0.15) is 0 Å². The molecular weight excluding hydrogens is 737 g/mol. The first-order valence-electron chi connectivity index (χ1n) is 27.1. The lowest BCUT2D eigenvalue weighted by Gasteiger charge is -2.34. The molecule has 0 saturated heterocycles. The first-order chi connectivity index (χ1) is 35.9. The SMILES string of the molecule is [2H]c1c([2H])c([2H])c([Si](c2ccccc2)(c2ccccc2)c2c([2H])c([2H])c(-n3c4ccccc4c4cc(-n5c6c([2H])c([2H])c([2H])c([2H])c6c6c([2H])c([2H])c([2H])c([2H])c65)c5sc6ccccc6c5c43)c([2H])c2[2H])c([2H])c1[2H]. The van der Waals surface area contributed by atoms with Gasteiger partial charge in [0, 0.05) is 42.7 Å². The van der Waals surface area contributed by atoms with Crippen LogP contribution in [0.1, 0.15) is 23.3 Å². The van der Waals surface area contributed by atoms with Gasteiger partial charge in [-0.1, -0.05) is 176 Å². The van der Waals surface area contributed by atoms with E-state index in [0.29, 0.717) is 53.3 Å². The van der Waals surface area contributed by atoms with Crippen LogP contribution in [-0.4, -0.2) is 17.2 Å². The van der Waals surface area contributed by atoms with Crippen LogP contribution in [0.2, 0.25) is 0 Å². The van der Waals surface area contributed by atoms with E-state index in [9.17, 15) is 11.0 Å². The third kappa shape index (κ3) is 4.70. The van der Waals surface area contributed by atoms with Gasteiger partial charge in [0.15, 0.2) is 8.07 Å². The fraction of sp³-hybridized carbons (Fsp3) is 0. The lowest BCUT2D eigenvalue weighted by molar-refractivity contribution is 1.18. The van der Waals surface area contributed by atoms with Crippen LogP contribution in [0.15, 0.2) is 218 Å². The van der Waals surface area contributed by atoms with Crippen molar-refractivity contribution in [1.29, 1.82) is 0 Å². The molecule has 58 heavy (non-hydrogen) atoms. The van der Waals surface area contributed by atoms with Crippen molar-refractivity contribution in [3.63, 3.8) is 0 Å². The number of thiophene rings is 1. The highest BCUT2D eigenvalue weighted by atomic mass is 32.1. The van der Waals surface area contributed by atoms with Crippen molar-refractivity contribution in [2.45, 2.75) is 0 Å². The minimum absolute atomic E-state index is 0.0661. The Morgan fingerprint density at radius 1 is 0.414 bits per heavy atom. The summed E-state index contributed by atoms with van der Waals surface area (Å²) in [5.74, 6) is 0. The summed E-state index contributed by atoms with van der Waals surface area (Å²) in [7, 11) is -4.46. The van der Waals surface area contributed by atoms with Crippen LogP contribution in [0, 0.1) is 0 Å². The number of nitrogens with zero attached hydrogens (tertiary/aromatic N) is 2. The Labute approximate surface area is 365 Å². The zero-order valence-electron chi connectivity index (χ0n) is 47.3. The van der Waals surface area contributed by atoms with Gasteiger partial charge < -0.3 is 9.13 Å². The molecule has 0 aliphatic rings. The van der Waals surface area contributed by atoms with E-state index < -0.39 is 111 Å². The molecule has 0 bridgehead atoms. The highest BCUT2D eigenvalue weighted by molar-refractivity contribution is 7.26. The summed E-state index contributed by atoms with van der Waals surface area (Å²) in [6.07, 6.45) is 0. The molecule has 0 fully saturated rings. The Bertz CT molecular complexity index is 4340. The molecule has 4 heteroatoms. The smallest absolute Gasteiger partial charge is 0.179 e. The van der Waals surface area contributed by atoms with Gasteiger partial charge in [0.2, 0.25) is 0 Å². The lowest BCUT2D eigenvalue weighted by atomic mass is 10.1. The first-order valence-corrected chi connectivity index (χ1v) is 21.4. The van der Waals surface area contributed by atoms with Crippen molar-refractivity contribution in [3.8, 4) is 11.4 Å². The summed E-state index contributed by atoms with van der Waals surface area (Å²) >= 11 is 1.33. The molecule has 9 aromatic carbocycles. The van der Waals surface area contributed by atoms with E-state index >= 15 is 0 Å². The minimum Gasteiger partial charge on any atom is -0.309 e. The second-order valence-corrected chi connectivity index (χ2v) is 18.6. The molecule has 272 valence electrons. The monoisotopic (exact) mass is 789 g/mol. The second kappa shape index (κ2) is 13.0. The number of hydrogen-bond donors (Lipinski definition) is 0. The van der Waals surface area contributed by atoms with Crippen molar-refractivity contribution in [2.24, 2.45) is 0 Å². The molecule has 2 nitrogen and oxygen atoms in total. The van der Waals surface area contributed by atoms with E-state index in [1.165, 1.54) is 15.9 Å². The average Bonchev–Trinajstić information content (AvgIpc) is 4.16. The summed E-state index contributed by atoms with van der Waals surface area (Å²) < 4.78 is 162. The molecule has 3 heterocycles. The number of fused-ring (bicyclic) bond motifs is 10. The molecule has 0 spiro atoms. The predicted molar refractivity (Wildman–Crippen MR) is 252 cm³/mol. The van der Waals surface area contributed by atoms with Crippen molar-refractivity contribution in [2.75, 3.05) is 0 Å². The van der Waals surface area contributed by atoms with E-state index in [4.69, 9.17) is 12.3 Å². The summed E-state index contributed by atoms with van der Waals surface area (Å²) in [6.45, 7) is 0. The molecule has 0 radical (unpaired) electrons. The number of aromatic nitrogens is 2. The van der Waals surface area contributed by atoms with Gasteiger partial charge in [-0.25, -0.2) is 0 Å². The Hall–Kier alpha value is -6.98. The molecule has 0 amide bonds. The normalized spacial score (nSPS) is 16.2. The van der Waals surface area contributed by atoms with Crippen molar-refractivity contribution in [1.82, 2.24) is 9.13 Å². The minimum atomic E-state index is -4.46. The van der Waals surface area contributed by atoms with E-state index in [1.807, 2.05) is 30.3 Å². The fourth-order valence-corrected chi connectivity index (χ4v) is 14.0. The van der Waals surface area contributed by atoms with E-state index in [0.717, 1.165) is 4.70 Å². The zero-order valence-corrected chi connectivity index (χ0v) is 32.1. The van der Waals surface area contributed by atoms with Crippen LogP contribution in [0.3, 0.4) is 0 Å². The van der Waals surface area contributed by atoms with Crippen LogP contribution >= 0.6 is 11.3 Å². The molecule has 0 saturated carbocycles. The molecule has 0 N–H and O–H groups in total. The van der Waals surface area contributed by atoms with Gasteiger partial charge in [-0.15, -0.1) is 11.3 Å². The number of para-hydroxylation sites is 3. The maximum atomic E-state index is 10.2. The van der Waals surface area contributed by atoms with Gasteiger partial charge in [-0.05, 0) is 63.1 Å².